The smallest absolute Gasteiger partial charge is 0.355 e. The van der Waals surface area contributed by atoms with E-state index in [1.807, 2.05) is 24.3 Å². The third-order valence-electron chi connectivity index (χ3n) is 7.38. The van der Waals surface area contributed by atoms with Crippen LogP contribution < -0.4 is 0 Å². The predicted molar refractivity (Wildman–Crippen MR) is 148 cm³/mol. The number of nitrogens with zero attached hydrogens (tertiary/aromatic N) is 2. The fraction of sp³-hybridized carbons (Fsp3) is 0.500. The van der Waals surface area contributed by atoms with Gasteiger partial charge < -0.3 is 24.6 Å². The predicted octanol–water partition coefficient (Wildman–Crippen LogP) is 5.09. The summed E-state index contributed by atoms with van der Waals surface area (Å²) < 4.78 is 5.14. The van der Waals surface area contributed by atoms with E-state index in [2.05, 4.69) is 37.6 Å². The lowest BCUT2D eigenvalue weighted by molar-refractivity contribution is -0.140. The van der Waals surface area contributed by atoms with Gasteiger partial charge in [-0.25, -0.2) is 4.79 Å². The van der Waals surface area contributed by atoms with Crippen molar-refractivity contribution in [2.24, 2.45) is 0 Å². The van der Waals surface area contributed by atoms with E-state index < -0.39 is 23.7 Å². The number of Topliss-reactive ketones (excluding diaryl/α,β-unsaturated/α-hetero) is 1. The molecule has 1 unspecified atom stereocenters. The second-order valence-corrected chi connectivity index (χ2v) is 10.0. The van der Waals surface area contributed by atoms with Crippen LogP contribution in [0, 0.1) is 13.8 Å². The van der Waals surface area contributed by atoms with Crippen LogP contribution in [-0.4, -0.2) is 70.3 Å². The molecule has 1 aromatic heterocycles. The number of hydrogen-bond donors (Lipinski definition) is 2. The normalized spacial score (nSPS) is 17.2. The van der Waals surface area contributed by atoms with Crippen molar-refractivity contribution in [1.29, 1.82) is 0 Å². The molecule has 0 bridgehead atoms. The highest BCUT2D eigenvalue weighted by molar-refractivity contribution is 6.46. The number of ketones is 1. The van der Waals surface area contributed by atoms with E-state index in [-0.39, 0.29) is 23.6 Å². The van der Waals surface area contributed by atoms with Gasteiger partial charge in [-0.05, 0) is 69.4 Å². The average molecular weight is 524 g/mol. The van der Waals surface area contributed by atoms with Crippen LogP contribution in [-0.2, 0) is 14.3 Å². The van der Waals surface area contributed by atoms with E-state index in [9.17, 15) is 19.5 Å². The van der Waals surface area contributed by atoms with Crippen molar-refractivity contribution in [1.82, 2.24) is 14.8 Å². The lowest BCUT2D eigenvalue weighted by Gasteiger charge is -2.27. The monoisotopic (exact) mass is 523 g/mol. The number of aromatic amines is 1. The lowest BCUT2D eigenvalue weighted by atomic mass is 9.92. The molecule has 206 valence electrons. The molecular weight excluding hydrogens is 482 g/mol. The maximum absolute atomic E-state index is 13.4. The van der Waals surface area contributed by atoms with Gasteiger partial charge in [0.15, 0.2) is 0 Å². The number of carbonyl (C=O) groups is 3. The highest BCUT2D eigenvalue weighted by atomic mass is 16.5. The van der Waals surface area contributed by atoms with Crippen molar-refractivity contribution >= 4 is 23.4 Å². The number of benzene rings is 1. The summed E-state index contributed by atoms with van der Waals surface area (Å²) in [4.78, 5) is 46.1. The van der Waals surface area contributed by atoms with Gasteiger partial charge in [0.2, 0.25) is 0 Å². The van der Waals surface area contributed by atoms with Crippen molar-refractivity contribution in [2.45, 2.75) is 66.8 Å². The number of nitrogens with one attached hydrogen (secondary N) is 1. The molecule has 38 heavy (non-hydrogen) atoms. The first kappa shape index (κ1) is 29.2. The van der Waals surface area contributed by atoms with Gasteiger partial charge in [-0.3, -0.25) is 9.59 Å². The topological polar surface area (TPSA) is 103 Å². The second-order valence-electron chi connectivity index (χ2n) is 10.0. The van der Waals surface area contributed by atoms with Gasteiger partial charge in [0.25, 0.3) is 11.7 Å². The Labute approximate surface area is 225 Å². The summed E-state index contributed by atoms with van der Waals surface area (Å²) >= 11 is 0. The fourth-order valence-electron chi connectivity index (χ4n) is 5.17. The average Bonchev–Trinajstić information content (AvgIpc) is 3.33. The van der Waals surface area contributed by atoms with E-state index in [0.29, 0.717) is 35.7 Å². The van der Waals surface area contributed by atoms with E-state index in [4.69, 9.17) is 4.74 Å². The number of amides is 1. The van der Waals surface area contributed by atoms with Gasteiger partial charge in [0.1, 0.15) is 11.5 Å². The molecule has 1 saturated heterocycles. The van der Waals surface area contributed by atoms with Gasteiger partial charge in [-0.15, -0.1) is 0 Å². The van der Waals surface area contributed by atoms with E-state index in [1.165, 1.54) is 0 Å². The molecule has 1 fully saturated rings. The molecule has 1 atom stereocenters. The molecule has 0 aliphatic carbocycles. The van der Waals surface area contributed by atoms with Crippen LogP contribution in [0.2, 0.25) is 0 Å². The number of aliphatic hydroxyl groups is 1. The number of aromatic nitrogens is 1. The molecule has 8 nitrogen and oxygen atoms in total. The quantitative estimate of drug-likeness (QED) is 0.184. The molecule has 1 aliphatic rings. The number of aryl methyl sites for hydroxylation is 1. The Kier molecular flexibility index (Phi) is 9.55. The van der Waals surface area contributed by atoms with Gasteiger partial charge in [0, 0.05) is 17.8 Å². The van der Waals surface area contributed by atoms with E-state index in [1.54, 1.807) is 25.7 Å². The Morgan fingerprint density at radius 2 is 1.74 bits per heavy atom. The number of rotatable bonds is 11. The molecule has 0 radical (unpaired) electrons. The maximum atomic E-state index is 13.4. The Hall–Kier alpha value is -3.39. The third kappa shape index (κ3) is 5.70. The zero-order valence-corrected chi connectivity index (χ0v) is 23.7. The summed E-state index contributed by atoms with van der Waals surface area (Å²) in [5.74, 6) is -1.84. The minimum atomic E-state index is -0.729. The maximum Gasteiger partial charge on any atom is 0.355 e. The molecule has 0 saturated carbocycles. The van der Waals surface area contributed by atoms with Gasteiger partial charge in [-0.2, -0.15) is 0 Å². The standard InChI is InChI=1S/C30H41N3O5/c1-8-32(9-2)16-11-17-33-26(22-14-12-21(13-15-22)18(4)5)24(28(35)29(33)36)27(34)23-19(6)25(31-20(23)7)30(37)38-10-3/h12-15,18,26,31,34H,8-11,16-17H2,1-7H3/b27-24+. The summed E-state index contributed by atoms with van der Waals surface area (Å²) in [6.45, 7) is 16.7. The SMILES string of the molecule is CCOC(=O)c1[nH]c(C)c(/C(O)=C2\C(=O)C(=O)N(CCCN(CC)CC)C2c2ccc(C(C)C)cc2)c1C. The number of hydrogen-bond acceptors (Lipinski definition) is 6. The summed E-state index contributed by atoms with van der Waals surface area (Å²) in [7, 11) is 0. The van der Waals surface area contributed by atoms with E-state index in [0.717, 1.165) is 30.8 Å². The van der Waals surface area contributed by atoms with Crippen LogP contribution in [0.1, 0.15) is 91.4 Å². The number of H-pyrrole nitrogens is 1. The Morgan fingerprint density at radius 1 is 1.11 bits per heavy atom. The first-order valence-corrected chi connectivity index (χ1v) is 13.5. The Bertz CT molecular complexity index is 1210. The molecule has 2 heterocycles. The van der Waals surface area contributed by atoms with Crippen LogP contribution in [0.3, 0.4) is 0 Å². The number of aliphatic hydroxyl groups excluding tert-OH is 1. The van der Waals surface area contributed by atoms with Gasteiger partial charge in [0.05, 0.1) is 18.2 Å². The van der Waals surface area contributed by atoms with Crippen molar-refractivity contribution in [2.75, 3.05) is 32.8 Å². The van der Waals surface area contributed by atoms with Crippen LogP contribution in [0.25, 0.3) is 5.76 Å². The minimum Gasteiger partial charge on any atom is -0.507 e. The van der Waals surface area contributed by atoms with Gasteiger partial charge in [-0.1, -0.05) is 52.0 Å². The van der Waals surface area contributed by atoms with Crippen molar-refractivity contribution < 1.29 is 24.2 Å². The van der Waals surface area contributed by atoms with Crippen LogP contribution in [0.4, 0.5) is 0 Å². The van der Waals surface area contributed by atoms with Crippen molar-refractivity contribution in [3.63, 3.8) is 0 Å². The molecule has 1 aromatic carbocycles. The highest BCUT2D eigenvalue weighted by Crippen LogP contribution is 2.41. The number of carbonyl (C=O) groups excluding carboxylic acids is 3. The summed E-state index contributed by atoms with van der Waals surface area (Å²) in [6.07, 6.45) is 0.699. The Balaban J connectivity index is 2.12. The summed E-state index contributed by atoms with van der Waals surface area (Å²) in [6, 6.07) is 7.13. The molecular formula is C30H41N3O5. The Morgan fingerprint density at radius 3 is 2.29 bits per heavy atom. The second kappa shape index (κ2) is 12.4. The number of esters is 1. The zero-order chi connectivity index (χ0) is 28.1. The molecule has 1 aliphatic heterocycles. The molecule has 1 amide bonds. The molecule has 8 heteroatoms. The van der Waals surface area contributed by atoms with Crippen LogP contribution in [0.15, 0.2) is 29.8 Å². The molecule has 3 rings (SSSR count). The summed E-state index contributed by atoms with van der Waals surface area (Å²) in [5.41, 5.74) is 3.49. The number of ether oxygens (including phenoxy) is 1. The minimum absolute atomic E-state index is 0.0377. The third-order valence-corrected chi connectivity index (χ3v) is 7.38. The molecule has 2 N–H and O–H groups in total. The summed E-state index contributed by atoms with van der Waals surface area (Å²) in [5, 5.41) is 11.6. The molecule has 0 spiro atoms. The van der Waals surface area contributed by atoms with Crippen LogP contribution >= 0.6 is 0 Å². The molecule has 2 aromatic rings. The lowest BCUT2D eigenvalue weighted by Crippen LogP contribution is -2.33. The largest absolute Gasteiger partial charge is 0.507 e. The van der Waals surface area contributed by atoms with Crippen LogP contribution in [0.5, 0.6) is 0 Å². The first-order valence-electron chi connectivity index (χ1n) is 13.5. The van der Waals surface area contributed by atoms with Gasteiger partial charge >= 0.3 is 5.97 Å². The first-order chi connectivity index (χ1) is 18.1. The zero-order valence-electron chi connectivity index (χ0n) is 23.7. The number of likely N-dealkylation sites (tertiary alicyclic amines) is 1. The van der Waals surface area contributed by atoms with Crippen molar-refractivity contribution in [3.05, 3.63) is 63.5 Å². The van der Waals surface area contributed by atoms with Crippen molar-refractivity contribution in [3.8, 4) is 0 Å². The fourth-order valence-corrected chi connectivity index (χ4v) is 5.17. The van der Waals surface area contributed by atoms with E-state index >= 15 is 0 Å². The highest BCUT2D eigenvalue weighted by Gasteiger charge is 2.46.